The maximum absolute atomic E-state index is 8.99. The molecule has 0 radical (unpaired) electrons. The van der Waals surface area contributed by atoms with Crippen molar-refractivity contribution in [2.24, 2.45) is 5.92 Å². The van der Waals surface area contributed by atoms with Crippen molar-refractivity contribution in [1.29, 1.82) is 10.5 Å². The number of benzene rings is 2. The molecular formula is C20H20N2O2. The predicted molar refractivity (Wildman–Crippen MR) is 91.3 cm³/mol. The van der Waals surface area contributed by atoms with E-state index in [9.17, 15) is 0 Å². The Morgan fingerprint density at radius 3 is 1.62 bits per heavy atom. The fraction of sp³-hybridized carbons (Fsp3) is 0.300. The molecule has 24 heavy (non-hydrogen) atoms. The molecule has 0 heterocycles. The average Bonchev–Trinajstić information content (AvgIpc) is 2.59. The van der Waals surface area contributed by atoms with Crippen LogP contribution in [-0.4, -0.2) is 0 Å². The van der Waals surface area contributed by atoms with Crippen LogP contribution in [0.5, 0.6) is 11.5 Å². The number of ether oxygens (including phenoxy) is 2. The minimum Gasteiger partial charge on any atom is -0.388 e. The Hall–Kier alpha value is -2.98. The average molecular weight is 320 g/mol. The predicted octanol–water partition coefficient (Wildman–Crippen LogP) is 4.76. The molecule has 0 aromatic heterocycles. The monoisotopic (exact) mass is 320 g/mol. The first-order valence-corrected chi connectivity index (χ1v) is 7.92. The van der Waals surface area contributed by atoms with Gasteiger partial charge in [0, 0.05) is 16.5 Å². The number of hydrogen-bond acceptors (Lipinski definition) is 4. The lowest BCUT2D eigenvalue weighted by molar-refractivity contribution is 0.334. The van der Waals surface area contributed by atoms with Gasteiger partial charge in [0.25, 0.3) is 12.5 Å². The highest BCUT2D eigenvalue weighted by Gasteiger charge is 2.40. The first kappa shape index (κ1) is 17.4. The van der Waals surface area contributed by atoms with Gasteiger partial charge >= 0.3 is 0 Å². The summed E-state index contributed by atoms with van der Waals surface area (Å²) in [6.45, 7) is 6.33. The van der Waals surface area contributed by atoms with Crippen LogP contribution in [-0.2, 0) is 5.41 Å². The fourth-order valence-corrected chi connectivity index (χ4v) is 3.50. The van der Waals surface area contributed by atoms with Crippen LogP contribution in [0, 0.1) is 29.0 Å². The third kappa shape index (κ3) is 2.92. The van der Waals surface area contributed by atoms with Gasteiger partial charge in [0.15, 0.2) is 0 Å². The van der Waals surface area contributed by atoms with Crippen LogP contribution in [0.2, 0.25) is 0 Å². The molecular weight excluding hydrogens is 300 g/mol. The Bertz CT molecular complexity index is 725. The topological polar surface area (TPSA) is 66.0 Å². The summed E-state index contributed by atoms with van der Waals surface area (Å²) in [4.78, 5) is 0. The maximum Gasteiger partial charge on any atom is 0.292 e. The molecule has 0 unspecified atom stereocenters. The zero-order valence-electron chi connectivity index (χ0n) is 14.1. The lowest BCUT2D eigenvalue weighted by atomic mass is 9.64. The van der Waals surface area contributed by atoms with Crippen molar-refractivity contribution in [1.82, 2.24) is 0 Å². The molecule has 0 amide bonds. The van der Waals surface area contributed by atoms with Crippen LogP contribution >= 0.6 is 0 Å². The highest BCUT2D eigenvalue weighted by molar-refractivity contribution is 5.52. The van der Waals surface area contributed by atoms with Gasteiger partial charge in [-0.25, -0.2) is 0 Å². The SMILES string of the molecule is CCC(c1ccccc1OC#N)(c1ccccc1OC#N)C(C)C. The Kier molecular flexibility index (Phi) is 5.45. The van der Waals surface area contributed by atoms with Crippen LogP contribution in [0.3, 0.4) is 0 Å². The molecule has 0 spiro atoms. The number of rotatable bonds is 6. The number of para-hydroxylation sites is 2. The van der Waals surface area contributed by atoms with E-state index in [-0.39, 0.29) is 5.92 Å². The minimum atomic E-state index is -0.444. The van der Waals surface area contributed by atoms with E-state index < -0.39 is 5.41 Å². The molecule has 0 aliphatic carbocycles. The van der Waals surface area contributed by atoms with Crippen molar-refractivity contribution >= 4 is 0 Å². The molecule has 122 valence electrons. The minimum absolute atomic E-state index is 0.189. The van der Waals surface area contributed by atoms with Crippen molar-refractivity contribution in [3.8, 4) is 24.0 Å². The van der Waals surface area contributed by atoms with Crippen molar-refractivity contribution < 1.29 is 9.47 Å². The van der Waals surface area contributed by atoms with E-state index in [1.807, 2.05) is 36.4 Å². The summed E-state index contributed by atoms with van der Waals surface area (Å²) in [6, 6.07) is 15.1. The third-order valence-corrected chi connectivity index (χ3v) is 4.59. The van der Waals surface area contributed by atoms with Gasteiger partial charge in [-0.3, -0.25) is 0 Å². The summed E-state index contributed by atoms with van der Waals surface area (Å²) in [6.07, 6.45) is 4.30. The molecule has 0 aliphatic rings. The van der Waals surface area contributed by atoms with Crippen LogP contribution in [0.4, 0.5) is 0 Å². The van der Waals surface area contributed by atoms with Gasteiger partial charge in [0.05, 0.1) is 0 Å². The summed E-state index contributed by atoms with van der Waals surface area (Å²) in [7, 11) is 0. The normalized spacial score (nSPS) is 10.8. The standard InChI is InChI=1S/C20H20N2O2/c1-4-20(15(2)3,16-9-5-7-11-18(16)23-13-21)17-10-6-8-12-19(17)24-14-22/h5-12,15H,4H2,1-3H3. The van der Waals surface area contributed by atoms with Crippen molar-refractivity contribution in [2.45, 2.75) is 32.6 Å². The molecule has 0 aliphatic heterocycles. The quantitative estimate of drug-likeness (QED) is 0.720. The molecule has 2 rings (SSSR count). The highest BCUT2D eigenvalue weighted by atomic mass is 16.5. The molecule has 0 atom stereocenters. The second-order valence-electron chi connectivity index (χ2n) is 5.86. The lowest BCUT2D eigenvalue weighted by Gasteiger charge is -2.39. The Morgan fingerprint density at radius 1 is 0.875 bits per heavy atom. The molecule has 0 saturated heterocycles. The molecule has 0 N–H and O–H groups in total. The van der Waals surface area contributed by atoms with Gasteiger partial charge < -0.3 is 9.47 Å². The van der Waals surface area contributed by atoms with Gasteiger partial charge in [-0.2, -0.15) is 0 Å². The van der Waals surface area contributed by atoms with E-state index in [2.05, 4.69) is 20.8 Å². The molecule has 0 saturated carbocycles. The molecule has 0 fully saturated rings. The third-order valence-electron chi connectivity index (χ3n) is 4.59. The molecule has 0 bridgehead atoms. The van der Waals surface area contributed by atoms with E-state index in [0.29, 0.717) is 11.5 Å². The number of nitriles is 2. The first-order valence-electron chi connectivity index (χ1n) is 7.92. The zero-order valence-corrected chi connectivity index (χ0v) is 14.1. The van der Waals surface area contributed by atoms with Crippen molar-refractivity contribution in [3.63, 3.8) is 0 Å². The summed E-state index contributed by atoms with van der Waals surface area (Å²) >= 11 is 0. The van der Waals surface area contributed by atoms with Crippen molar-refractivity contribution in [3.05, 3.63) is 59.7 Å². The summed E-state index contributed by atoms with van der Waals surface area (Å²) < 4.78 is 10.4. The molecule has 2 aromatic carbocycles. The van der Waals surface area contributed by atoms with E-state index >= 15 is 0 Å². The van der Waals surface area contributed by atoms with Gasteiger partial charge in [-0.05, 0) is 24.5 Å². The summed E-state index contributed by atoms with van der Waals surface area (Å²) in [5, 5.41) is 18.0. The smallest absolute Gasteiger partial charge is 0.292 e. The van der Waals surface area contributed by atoms with Crippen LogP contribution in [0.25, 0.3) is 0 Å². The van der Waals surface area contributed by atoms with Gasteiger partial charge in [0.1, 0.15) is 11.5 Å². The summed E-state index contributed by atoms with van der Waals surface area (Å²) in [5.41, 5.74) is 1.39. The summed E-state index contributed by atoms with van der Waals surface area (Å²) in [5.74, 6) is 1.25. The van der Waals surface area contributed by atoms with Crippen molar-refractivity contribution in [2.75, 3.05) is 0 Å². The van der Waals surface area contributed by atoms with Gasteiger partial charge in [-0.1, -0.05) is 57.2 Å². The highest BCUT2D eigenvalue weighted by Crippen LogP contribution is 2.48. The largest absolute Gasteiger partial charge is 0.388 e. The van der Waals surface area contributed by atoms with Crippen LogP contribution in [0.15, 0.2) is 48.5 Å². The lowest BCUT2D eigenvalue weighted by Crippen LogP contribution is -2.34. The number of nitrogens with zero attached hydrogens (tertiary/aromatic N) is 2. The van der Waals surface area contributed by atoms with Crippen LogP contribution < -0.4 is 9.47 Å². The first-order chi connectivity index (χ1) is 11.6. The Labute approximate surface area is 142 Å². The molecule has 4 heteroatoms. The van der Waals surface area contributed by atoms with E-state index in [1.165, 1.54) is 0 Å². The number of hydrogen-bond donors (Lipinski definition) is 0. The fourth-order valence-electron chi connectivity index (χ4n) is 3.50. The maximum atomic E-state index is 8.99. The zero-order chi connectivity index (χ0) is 17.6. The second-order valence-corrected chi connectivity index (χ2v) is 5.86. The van der Waals surface area contributed by atoms with Gasteiger partial charge in [-0.15, -0.1) is 10.5 Å². The van der Waals surface area contributed by atoms with E-state index in [0.717, 1.165) is 17.5 Å². The van der Waals surface area contributed by atoms with E-state index in [4.69, 9.17) is 20.0 Å². The van der Waals surface area contributed by atoms with E-state index in [1.54, 1.807) is 24.6 Å². The Morgan fingerprint density at radius 2 is 1.29 bits per heavy atom. The molecule has 4 nitrogen and oxygen atoms in total. The Balaban J connectivity index is 2.79. The van der Waals surface area contributed by atoms with Crippen LogP contribution in [0.1, 0.15) is 38.3 Å². The second kappa shape index (κ2) is 7.53. The molecule has 2 aromatic rings. The van der Waals surface area contributed by atoms with Gasteiger partial charge in [0.2, 0.25) is 0 Å².